The molecule has 0 N–H and O–H groups in total. The van der Waals surface area contributed by atoms with Crippen molar-refractivity contribution >= 4 is 69.6 Å². The first-order valence-corrected chi connectivity index (χ1v) is 13.4. The van der Waals surface area contributed by atoms with Gasteiger partial charge in [0.15, 0.2) is 22.0 Å². The minimum absolute atomic E-state index is 0.0147. The fraction of sp³-hybridized carbons (Fsp3) is 0.750. The molecule has 0 aromatic carbocycles. The van der Waals surface area contributed by atoms with Crippen molar-refractivity contribution in [3.63, 3.8) is 0 Å². The molecule has 9 atom stereocenters. The normalized spacial score (nSPS) is 51.3. The second kappa shape index (κ2) is 7.58. The van der Waals surface area contributed by atoms with Crippen LogP contribution in [0, 0.1) is 22.7 Å². The van der Waals surface area contributed by atoms with Gasteiger partial charge in [-0.1, -0.05) is 54.7 Å². The van der Waals surface area contributed by atoms with E-state index in [0.29, 0.717) is 6.42 Å². The van der Waals surface area contributed by atoms with Crippen molar-refractivity contribution in [2.24, 2.45) is 22.7 Å². The molecule has 0 unspecified atom stereocenters. The van der Waals surface area contributed by atoms with Crippen LogP contribution in [-0.2, 0) is 19.1 Å². The average molecular weight is 575 g/mol. The van der Waals surface area contributed by atoms with Gasteiger partial charge >= 0.3 is 0 Å². The molecule has 5 rings (SSSR count). The van der Waals surface area contributed by atoms with Crippen LogP contribution in [0.1, 0.15) is 47.0 Å². The molecule has 5 aliphatic rings. The SMILES string of the molecule is CC1(C)O[C@@H]2C[C@H]3[C@@H]4C[C@H](F)C5=C(Cl)C(=O)C=C[C@]5(C)[C@@]4(Cl)[C@@H](Cl)C[C@]3(C)[C@]2(C(=O)C(Cl)Cl)O1. The van der Waals surface area contributed by atoms with Gasteiger partial charge in [0.05, 0.1) is 21.4 Å². The van der Waals surface area contributed by atoms with Gasteiger partial charge in [0, 0.05) is 10.8 Å². The third kappa shape index (κ3) is 2.87. The lowest BCUT2D eigenvalue weighted by molar-refractivity contribution is -0.212. The zero-order chi connectivity index (χ0) is 25.2. The number of alkyl halides is 5. The van der Waals surface area contributed by atoms with Crippen molar-refractivity contribution in [2.75, 3.05) is 0 Å². The summed E-state index contributed by atoms with van der Waals surface area (Å²) in [6.07, 6.45) is 1.56. The Bertz CT molecular complexity index is 1040. The molecule has 4 aliphatic carbocycles. The van der Waals surface area contributed by atoms with E-state index in [4.69, 9.17) is 67.5 Å². The lowest BCUT2D eigenvalue weighted by Gasteiger charge is -2.64. The molecule has 10 heteroatoms. The summed E-state index contributed by atoms with van der Waals surface area (Å²) >= 11 is 33.2. The molecule has 0 aromatic heterocycles. The minimum Gasteiger partial charge on any atom is -0.344 e. The highest BCUT2D eigenvalue weighted by Gasteiger charge is 2.80. The summed E-state index contributed by atoms with van der Waals surface area (Å²) < 4.78 is 28.4. The number of fused-ring (bicyclic) bond motifs is 7. The van der Waals surface area contributed by atoms with Crippen molar-refractivity contribution < 1.29 is 23.5 Å². The van der Waals surface area contributed by atoms with Gasteiger partial charge in [-0.3, -0.25) is 9.59 Å². The fourth-order valence-corrected chi connectivity index (χ4v) is 9.82. The van der Waals surface area contributed by atoms with Gasteiger partial charge in [-0.2, -0.15) is 0 Å². The number of allylic oxidation sites excluding steroid dienone is 4. The van der Waals surface area contributed by atoms with Crippen molar-refractivity contribution in [1.29, 1.82) is 0 Å². The molecule has 0 aromatic rings. The number of ether oxygens (including phenoxy) is 2. The molecule has 4 fully saturated rings. The van der Waals surface area contributed by atoms with Crippen LogP contribution in [0.2, 0.25) is 0 Å². The molecule has 34 heavy (non-hydrogen) atoms. The van der Waals surface area contributed by atoms with Crippen LogP contribution in [-0.4, -0.2) is 50.3 Å². The third-order valence-electron chi connectivity index (χ3n) is 9.22. The van der Waals surface area contributed by atoms with E-state index in [2.05, 4.69) is 0 Å². The topological polar surface area (TPSA) is 52.6 Å². The molecular formula is C24H26Cl5FO4. The number of Topliss-reactive ketones (excluding diaryl/α,β-unsaturated/α-hetero) is 1. The second-order valence-electron chi connectivity index (χ2n) is 11.1. The summed E-state index contributed by atoms with van der Waals surface area (Å²) in [4.78, 5) is 23.4. The monoisotopic (exact) mass is 572 g/mol. The number of rotatable bonds is 2. The first-order valence-electron chi connectivity index (χ1n) is 11.4. The summed E-state index contributed by atoms with van der Waals surface area (Å²) in [6, 6.07) is 0. The first-order chi connectivity index (χ1) is 15.6. The number of hydrogen-bond acceptors (Lipinski definition) is 4. The smallest absolute Gasteiger partial charge is 0.200 e. The summed E-state index contributed by atoms with van der Waals surface area (Å²) in [6.45, 7) is 7.20. The standard InChI is InChI=1S/C24H26Cl5FO4/c1-20(2)33-15-8-10-11-7-12(30)16-17(26)13(31)5-6-21(16,3)23(11,29)14(25)9-22(10,4)24(15,34-20)18(32)19(27)28/h5-6,10-12,14-15,19H,7-9H2,1-4H3/t10-,11-,12-,14-,15+,21-,22-,23-,24-/m0/s1. The van der Waals surface area contributed by atoms with Gasteiger partial charge in [0.25, 0.3) is 0 Å². The van der Waals surface area contributed by atoms with E-state index in [9.17, 15) is 9.59 Å². The van der Waals surface area contributed by atoms with E-state index < -0.39 is 67.1 Å². The van der Waals surface area contributed by atoms with Crippen LogP contribution in [0.5, 0.6) is 0 Å². The Hall–Kier alpha value is 0.120. The molecular weight excluding hydrogens is 549 g/mol. The van der Waals surface area contributed by atoms with Crippen LogP contribution >= 0.6 is 58.0 Å². The Morgan fingerprint density at radius 3 is 2.44 bits per heavy atom. The summed E-state index contributed by atoms with van der Waals surface area (Å²) in [7, 11) is 0. The molecule has 0 radical (unpaired) electrons. The molecule has 0 amide bonds. The molecule has 1 heterocycles. The largest absolute Gasteiger partial charge is 0.344 e. The number of carbonyl (C=O) groups is 2. The highest BCUT2D eigenvalue weighted by molar-refractivity contribution is 6.54. The number of ketones is 2. The van der Waals surface area contributed by atoms with Crippen LogP contribution in [0.15, 0.2) is 22.8 Å². The van der Waals surface area contributed by atoms with Gasteiger partial charge in [0.1, 0.15) is 6.17 Å². The van der Waals surface area contributed by atoms with Crippen LogP contribution in [0.25, 0.3) is 0 Å². The first kappa shape index (κ1) is 25.8. The van der Waals surface area contributed by atoms with Gasteiger partial charge in [-0.25, -0.2) is 4.39 Å². The van der Waals surface area contributed by atoms with E-state index >= 15 is 4.39 Å². The van der Waals surface area contributed by atoms with Crippen molar-refractivity contribution in [3.8, 4) is 0 Å². The lowest BCUT2D eigenvalue weighted by Crippen LogP contribution is -2.69. The molecule has 1 aliphatic heterocycles. The minimum atomic E-state index is -1.49. The van der Waals surface area contributed by atoms with Crippen LogP contribution < -0.4 is 0 Å². The van der Waals surface area contributed by atoms with Gasteiger partial charge < -0.3 is 9.47 Å². The number of hydrogen-bond donors (Lipinski definition) is 0. The van der Waals surface area contributed by atoms with E-state index in [1.807, 2.05) is 6.92 Å². The average Bonchev–Trinajstić information content (AvgIpc) is 3.13. The van der Waals surface area contributed by atoms with Crippen molar-refractivity contribution in [2.45, 2.75) is 85.7 Å². The highest BCUT2D eigenvalue weighted by Crippen LogP contribution is 2.74. The molecule has 0 bridgehead atoms. The van der Waals surface area contributed by atoms with Crippen LogP contribution in [0.4, 0.5) is 4.39 Å². The molecule has 1 saturated heterocycles. The predicted molar refractivity (Wildman–Crippen MR) is 130 cm³/mol. The summed E-state index contributed by atoms with van der Waals surface area (Å²) in [5, 5.41) is -0.848. The van der Waals surface area contributed by atoms with E-state index in [1.165, 1.54) is 6.08 Å². The summed E-state index contributed by atoms with van der Waals surface area (Å²) in [5.41, 5.74) is -3.22. The molecule has 3 saturated carbocycles. The van der Waals surface area contributed by atoms with E-state index in [-0.39, 0.29) is 29.4 Å². The third-order valence-corrected chi connectivity index (χ3v) is 11.6. The zero-order valence-corrected chi connectivity index (χ0v) is 22.9. The Balaban J connectivity index is 1.68. The Labute approximate surface area is 223 Å². The van der Waals surface area contributed by atoms with Crippen molar-refractivity contribution in [3.05, 3.63) is 22.8 Å². The Morgan fingerprint density at radius 2 is 1.82 bits per heavy atom. The molecule has 4 nitrogen and oxygen atoms in total. The number of carbonyl (C=O) groups excluding carboxylic acids is 2. The maximum Gasteiger partial charge on any atom is 0.200 e. The van der Waals surface area contributed by atoms with Crippen molar-refractivity contribution in [1.82, 2.24) is 0 Å². The van der Waals surface area contributed by atoms with Crippen LogP contribution in [0.3, 0.4) is 0 Å². The molecule has 188 valence electrons. The second-order valence-corrected chi connectivity index (χ2v) is 13.8. The lowest BCUT2D eigenvalue weighted by atomic mass is 9.46. The Morgan fingerprint density at radius 1 is 1.18 bits per heavy atom. The predicted octanol–water partition coefficient (Wildman–Crippen LogP) is 6.26. The van der Waals surface area contributed by atoms with Gasteiger partial charge in [-0.05, 0) is 56.6 Å². The Kier molecular flexibility index (Phi) is 5.75. The van der Waals surface area contributed by atoms with E-state index in [1.54, 1.807) is 26.8 Å². The van der Waals surface area contributed by atoms with E-state index in [0.717, 1.165) is 0 Å². The zero-order valence-electron chi connectivity index (χ0n) is 19.1. The molecule has 0 spiro atoms. The van der Waals surface area contributed by atoms with Gasteiger partial charge in [-0.15, -0.1) is 23.2 Å². The fourth-order valence-electron chi connectivity index (χ4n) is 7.93. The number of halogens is 6. The quantitative estimate of drug-likeness (QED) is 0.366. The summed E-state index contributed by atoms with van der Waals surface area (Å²) in [5.74, 6) is -2.70. The highest BCUT2D eigenvalue weighted by atomic mass is 35.5. The maximum absolute atomic E-state index is 15.8. The maximum atomic E-state index is 15.8. The van der Waals surface area contributed by atoms with Gasteiger partial charge in [0.2, 0.25) is 5.78 Å².